The Hall–Kier alpha value is -1.30. The first-order chi connectivity index (χ1) is 7.70. The van der Waals surface area contributed by atoms with Gasteiger partial charge in [0.05, 0.1) is 16.7 Å². The van der Waals surface area contributed by atoms with Crippen LogP contribution in [0, 0.1) is 11.3 Å². The number of rotatable bonds is 1. The SMILES string of the molecule is N#Cc1ccc(-c2ccc(Cl)c(Br)c2)cc1. The minimum absolute atomic E-state index is 0.664. The van der Waals surface area contributed by atoms with E-state index in [1.54, 1.807) is 12.1 Å². The van der Waals surface area contributed by atoms with Crippen LogP contribution in [0.5, 0.6) is 0 Å². The van der Waals surface area contributed by atoms with E-state index >= 15 is 0 Å². The van der Waals surface area contributed by atoms with Crippen LogP contribution in [0.25, 0.3) is 11.1 Å². The molecule has 78 valence electrons. The van der Waals surface area contributed by atoms with Crippen molar-refractivity contribution in [1.29, 1.82) is 5.26 Å². The molecule has 0 radical (unpaired) electrons. The smallest absolute Gasteiger partial charge is 0.0991 e. The Labute approximate surface area is 107 Å². The second-order valence-electron chi connectivity index (χ2n) is 3.32. The predicted molar refractivity (Wildman–Crippen MR) is 69.3 cm³/mol. The van der Waals surface area contributed by atoms with Gasteiger partial charge in [0.15, 0.2) is 0 Å². The molecule has 0 fully saturated rings. The Bertz CT molecular complexity index is 555. The Morgan fingerprint density at radius 3 is 2.19 bits per heavy atom. The van der Waals surface area contributed by atoms with Crippen LogP contribution in [0.4, 0.5) is 0 Å². The monoisotopic (exact) mass is 291 g/mol. The van der Waals surface area contributed by atoms with Gasteiger partial charge in [0.2, 0.25) is 0 Å². The normalized spacial score (nSPS) is 9.81. The van der Waals surface area contributed by atoms with Crippen LogP contribution in [-0.2, 0) is 0 Å². The third-order valence-corrected chi connectivity index (χ3v) is 3.48. The minimum Gasteiger partial charge on any atom is -0.192 e. The molecule has 3 heteroatoms. The second kappa shape index (κ2) is 4.69. The van der Waals surface area contributed by atoms with E-state index in [0.717, 1.165) is 15.6 Å². The van der Waals surface area contributed by atoms with Crippen molar-refractivity contribution >= 4 is 27.5 Å². The van der Waals surface area contributed by atoms with Gasteiger partial charge in [-0.15, -0.1) is 0 Å². The Balaban J connectivity index is 2.43. The van der Waals surface area contributed by atoms with Crippen LogP contribution >= 0.6 is 27.5 Å². The lowest BCUT2D eigenvalue weighted by Crippen LogP contribution is -1.79. The summed E-state index contributed by atoms with van der Waals surface area (Å²) in [5.74, 6) is 0. The quantitative estimate of drug-likeness (QED) is 0.751. The Morgan fingerprint density at radius 2 is 1.62 bits per heavy atom. The van der Waals surface area contributed by atoms with Crippen LogP contribution in [0.1, 0.15) is 5.56 Å². The summed E-state index contributed by atoms with van der Waals surface area (Å²) in [5.41, 5.74) is 2.80. The highest BCUT2D eigenvalue weighted by molar-refractivity contribution is 9.10. The average molecular weight is 293 g/mol. The highest BCUT2D eigenvalue weighted by Gasteiger charge is 2.01. The van der Waals surface area contributed by atoms with Crippen LogP contribution in [-0.4, -0.2) is 0 Å². The third-order valence-electron chi connectivity index (χ3n) is 2.27. The molecular weight excluding hydrogens is 286 g/mol. The summed E-state index contributed by atoms with van der Waals surface area (Å²) in [6.07, 6.45) is 0. The maximum atomic E-state index is 8.70. The Morgan fingerprint density at radius 1 is 1.00 bits per heavy atom. The van der Waals surface area contributed by atoms with Crippen molar-refractivity contribution in [3.05, 3.63) is 57.5 Å². The van der Waals surface area contributed by atoms with E-state index in [1.807, 2.05) is 30.3 Å². The number of hydrogen-bond acceptors (Lipinski definition) is 1. The second-order valence-corrected chi connectivity index (χ2v) is 4.58. The van der Waals surface area contributed by atoms with Gasteiger partial charge in [0, 0.05) is 4.47 Å². The van der Waals surface area contributed by atoms with Gasteiger partial charge in [-0.25, -0.2) is 0 Å². The zero-order valence-electron chi connectivity index (χ0n) is 8.24. The molecule has 2 aromatic rings. The number of halogens is 2. The van der Waals surface area contributed by atoms with Gasteiger partial charge >= 0.3 is 0 Å². The van der Waals surface area contributed by atoms with Crippen molar-refractivity contribution in [2.45, 2.75) is 0 Å². The maximum Gasteiger partial charge on any atom is 0.0991 e. The molecule has 0 aromatic heterocycles. The summed E-state index contributed by atoms with van der Waals surface area (Å²) in [6.45, 7) is 0. The standard InChI is InChI=1S/C13H7BrClN/c14-12-7-11(5-6-13(12)15)10-3-1-9(8-16)2-4-10/h1-7H. The van der Waals surface area contributed by atoms with Gasteiger partial charge in [-0.3, -0.25) is 0 Å². The van der Waals surface area contributed by atoms with Crippen molar-refractivity contribution < 1.29 is 0 Å². The van der Waals surface area contributed by atoms with Crippen molar-refractivity contribution in [2.75, 3.05) is 0 Å². The molecule has 0 atom stereocenters. The zero-order valence-corrected chi connectivity index (χ0v) is 10.6. The Kier molecular flexibility index (Phi) is 3.28. The number of nitriles is 1. The van der Waals surface area contributed by atoms with Crippen LogP contribution < -0.4 is 0 Å². The lowest BCUT2D eigenvalue weighted by molar-refractivity contribution is 1.48. The fourth-order valence-electron chi connectivity index (χ4n) is 1.41. The van der Waals surface area contributed by atoms with E-state index in [-0.39, 0.29) is 0 Å². The van der Waals surface area contributed by atoms with Gasteiger partial charge in [0.1, 0.15) is 0 Å². The molecule has 2 rings (SSSR count). The highest BCUT2D eigenvalue weighted by Crippen LogP contribution is 2.28. The molecule has 0 saturated carbocycles. The number of hydrogen-bond donors (Lipinski definition) is 0. The van der Waals surface area contributed by atoms with Crippen molar-refractivity contribution in [1.82, 2.24) is 0 Å². The van der Waals surface area contributed by atoms with E-state index in [0.29, 0.717) is 10.6 Å². The van der Waals surface area contributed by atoms with Crippen molar-refractivity contribution in [3.8, 4) is 17.2 Å². The summed E-state index contributed by atoms with van der Waals surface area (Å²) >= 11 is 9.31. The van der Waals surface area contributed by atoms with Crippen LogP contribution in [0.2, 0.25) is 5.02 Å². The summed E-state index contributed by atoms with van der Waals surface area (Å²) in [5, 5.41) is 9.40. The number of benzene rings is 2. The molecular formula is C13H7BrClN. The molecule has 0 heterocycles. The summed E-state index contributed by atoms with van der Waals surface area (Å²) in [4.78, 5) is 0. The van der Waals surface area contributed by atoms with Crippen molar-refractivity contribution in [2.24, 2.45) is 0 Å². The fraction of sp³-hybridized carbons (Fsp3) is 0. The number of nitrogens with zero attached hydrogens (tertiary/aromatic N) is 1. The molecule has 16 heavy (non-hydrogen) atoms. The highest BCUT2D eigenvalue weighted by atomic mass is 79.9. The van der Waals surface area contributed by atoms with E-state index < -0.39 is 0 Å². The first kappa shape index (κ1) is 11.2. The molecule has 0 bridgehead atoms. The van der Waals surface area contributed by atoms with Crippen LogP contribution in [0.3, 0.4) is 0 Å². The first-order valence-corrected chi connectivity index (χ1v) is 5.83. The molecule has 0 aliphatic heterocycles. The van der Waals surface area contributed by atoms with Crippen molar-refractivity contribution in [3.63, 3.8) is 0 Å². The molecule has 0 saturated heterocycles. The van der Waals surface area contributed by atoms with Gasteiger partial charge < -0.3 is 0 Å². The molecule has 1 nitrogen and oxygen atoms in total. The van der Waals surface area contributed by atoms with Gasteiger partial charge in [-0.2, -0.15) is 5.26 Å². The van der Waals surface area contributed by atoms with E-state index in [9.17, 15) is 0 Å². The topological polar surface area (TPSA) is 23.8 Å². The first-order valence-electron chi connectivity index (χ1n) is 4.66. The minimum atomic E-state index is 0.664. The molecule has 0 N–H and O–H groups in total. The van der Waals surface area contributed by atoms with Gasteiger partial charge in [0.25, 0.3) is 0 Å². The van der Waals surface area contributed by atoms with E-state index in [4.69, 9.17) is 16.9 Å². The predicted octanol–water partition coefficient (Wildman–Crippen LogP) is 4.64. The summed E-state index contributed by atoms with van der Waals surface area (Å²) in [7, 11) is 0. The maximum absolute atomic E-state index is 8.70. The molecule has 0 spiro atoms. The average Bonchev–Trinajstić information content (AvgIpc) is 2.33. The van der Waals surface area contributed by atoms with Gasteiger partial charge in [-0.1, -0.05) is 29.8 Å². The molecule has 0 amide bonds. The largest absolute Gasteiger partial charge is 0.192 e. The third kappa shape index (κ3) is 2.27. The zero-order chi connectivity index (χ0) is 11.5. The summed E-state index contributed by atoms with van der Waals surface area (Å²) in [6, 6.07) is 15.3. The lowest BCUT2D eigenvalue weighted by Gasteiger charge is -2.03. The summed E-state index contributed by atoms with van der Waals surface area (Å²) < 4.78 is 0.871. The molecule has 2 aromatic carbocycles. The van der Waals surface area contributed by atoms with E-state index in [1.165, 1.54) is 0 Å². The van der Waals surface area contributed by atoms with Crippen LogP contribution in [0.15, 0.2) is 46.9 Å². The molecule has 0 unspecified atom stereocenters. The molecule has 0 aliphatic carbocycles. The van der Waals surface area contributed by atoms with Gasteiger partial charge in [-0.05, 0) is 51.3 Å². The molecule has 0 aliphatic rings. The van der Waals surface area contributed by atoms with E-state index in [2.05, 4.69) is 22.0 Å². The fourth-order valence-corrected chi connectivity index (χ4v) is 1.91. The lowest BCUT2D eigenvalue weighted by atomic mass is 10.0.